The highest BCUT2D eigenvalue weighted by Crippen LogP contribution is 2.43. The van der Waals surface area contributed by atoms with Gasteiger partial charge in [0.1, 0.15) is 19.8 Å². The molecule has 0 rings (SSSR count). The second-order valence-corrected chi connectivity index (χ2v) is 26.3. The van der Waals surface area contributed by atoms with Crippen LogP contribution in [0.5, 0.6) is 0 Å². The van der Waals surface area contributed by atoms with Crippen LogP contribution in [-0.2, 0) is 32.7 Å². The van der Waals surface area contributed by atoms with Crippen LogP contribution in [-0.4, -0.2) is 74.9 Å². The molecule has 0 saturated heterocycles. The van der Waals surface area contributed by atoms with E-state index in [9.17, 15) is 19.0 Å². The monoisotopic (exact) mass is 1200 g/mol. The van der Waals surface area contributed by atoms with Gasteiger partial charge in [-0.2, -0.15) is 0 Å². The molecule has 0 radical (unpaired) electrons. The van der Waals surface area contributed by atoms with Gasteiger partial charge in [0, 0.05) is 12.8 Å². The molecule has 488 valence electrons. The first-order valence-corrected chi connectivity index (χ1v) is 36.8. The molecule has 2 atom stereocenters. The summed E-state index contributed by atoms with van der Waals surface area (Å²) in [4.78, 5) is 35.7. The van der Waals surface area contributed by atoms with E-state index in [-0.39, 0.29) is 32.0 Å². The summed E-state index contributed by atoms with van der Waals surface area (Å²) in [6, 6.07) is 0. The molecule has 0 heterocycles. The number of nitrogens with zero attached hydrogens (tertiary/aromatic N) is 1. The molecule has 0 saturated carbocycles. The van der Waals surface area contributed by atoms with Gasteiger partial charge in [-0.1, -0.05) is 317 Å². The van der Waals surface area contributed by atoms with Gasteiger partial charge in [-0.15, -0.1) is 0 Å². The molecule has 0 aromatic rings. The van der Waals surface area contributed by atoms with E-state index in [2.05, 4.69) is 86.8 Å². The van der Waals surface area contributed by atoms with E-state index in [4.69, 9.17) is 18.5 Å². The molecular formula is C74H135NO8P+. The van der Waals surface area contributed by atoms with Gasteiger partial charge in [0.15, 0.2) is 6.10 Å². The molecule has 0 amide bonds. The van der Waals surface area contributed by atoms with Gasteiger partial charge in [0.05, 0.1) is 27.7 Å². The summed E-state index contributed by atoms with van der Waals surface area (Å²) < 4.78 is 34.5. The van der Waals surface area contributed by atoms with Crippen LogP contribution >= 0.6 is 7.82 Å². The van der Waals surface area contributed by atoms with Crippen molar-refractivity contribution < 1.29 is 42.1 Å². The average molecular weight is 1200 g/mol. The van der Waals surface area contributed by atoms with Crippen molar-refractivity contribution in [2.45, 2.75) is 328 Å². The third-order valence-corrected chi connectivity index (χ3v) is 16.4. The van der Waals surface area contributed by atoms with E-state index >= 15 is 0 Å². The number of esters is 2. The van der Waals surface area contributed by atoms with Crippen LogP contribution in [0, 0.1) is 0 Å². The van der Waals surface area contributed by atoms with Gasteiger partial charge in [0.2, 0.25) is 0 Å². The highest BCUT2D eigenvalue weighted by Gasteiger charge is 2.27. The van der Waals surface area contributed by atoms with Crippen LogP contribution in [0.15, 0.2) is 85.1 Å². The Morgan fingerprint density at radius 2 is 0.702 bits per heavy atom. The fourth-order valence-electron chi connectivity index (χ4n) is 10.0. The fourth-order valence-corrected chi connectivity index (χ4v) is 10.8. The number of rotatable bonds is 65. The molecule has 2 unspecified atom stereocenters. The summed E-state index contributed by atoms with van der Waals surface area (Å²) in [6.07, 6.45) is 88.9. The third-order valence-electron chi connectivity index (χ3n) is 15.4. The Morgan fingerprint density at radius 3 is 1.06 bits per heavy atom. The summed E-state index contributed by atoms with van der Waals surface area (Å²) in [5.74, 6) is -0.888. The standard InChI is InChI=1S/C74H134NO8P/c1-6-8-10-12-14-16-18-20-22-24-26-27-28-29-30-31-32-33-34-35-36-37-38-39-40-41-42-43-44-45-46-47-49-50-52-54-56-58-60-62-64-66-73(76)80-70-72(71-82-84(78,79)81-69-68-75(3,4)5)83-74(77)67-65-63-61-59-57-55-53-51-48-25-23-21-19-17-15-13-11-9-7-2/h9,11,15,17,21,23-24,26,48,51,55,57,61,63,72H,6-8,10,12-14,16,18-20,22,25,27-47,49-50,52-54,56,58-60,62,64-71H2,1-5H3/p+1/b11-9-,17-15-,23-21-,26-24-,51-48-,57-55-,63-61-. The summed E-state index contributed by atoms with van der Waals surface area (Å²) >= 11 is 0. The highest BCUT2D eigenvalue weighted by molar-refractivity contribution is 7.47. The lowest BCUT2D eigenvalue weighted by atomic mass is 10.0. The second-order valence-electron chi connectivity index (χ2n) is 24.9. The summed E-state index contributed by atoms with van der Waals surface area (Å²) in [5.41, 5.74) is 0. The Hall–Kier alpha value is -2.81. The molecule has 0 bridgehead atoms. The first-order valence-electron chi connectivity index (χ1n) is 35.3. The van der Waals surface area contributed by atoms with Crippen molar-refractivity contribution in [3.8, 4) is 0 Å². The summed E-state index contributed by atoms with van der Waals surface area (Å²) in [5, 5.41) is 0. The van der Waals surface area contributed by atoms with Crippen LogP contribution in [0.4, 0.5) is 0 Å². The van der Waals surface area contributed by atoms with E-state index in [1.165, 1.54) is 231 Å². The zero-order chi connectivity index (χ0) is 61.2. The molecule has 0 aliphatic rings. The SMILES string of the molecule is CC/C=C\C/C=C\C/C=C\C/C=C\C/C=C\C/C=C\CCC(=O)OC(COC(=O)CCCCCCCCCCCCCCCCCCCCCCCCCCCCCCC/C=C\CCCCCCCCCC)COP(=O)(O)OCC[N+](C)(C)C. The number of quaternary nitrogens is 1. The number of carbonyl (C=O) groups is 2. The number of phosphoric acid groups is 1. The van der Waals surface area contributed by atoms with Crippen molar-refractivity contribution in [2.75, 3.05) is 47.5 Å². The van der Waals surface area contributed by atoms with E-state index in [0.29, 0.717) is 17.4 Å². The van der Waals surface area contributed by atoms with Crippen molar-refractivity contribution in [1.82, 2.24) is 0 Å². The lowest BCUT2D eigenvalue weighted by molar-refractivity contribution is -0.870. The van der Waals surface area contributed by atoms with Crippen molar-refractivity contribution >= 4 is 19.8 Å². The van der Waals surface area contributed by atoms with Crippen molar-refractivity contribution in [3.63, 3.8) is 0 Å². The zero-order valence-corrected chi connectivity index (χ0v) is 56.5. The first-order chi connectivity index (χ1) is 41.0. The Balaban J connectivity index is 3.92. The zero-order valence-electron chi connectivity index (χ0n) is 55.6. The maximum absolute atomic E-state index is 12.8. The second kappa shape index (κ2) is 64.7. The number of phosphoric ester groups is 1. The molecule has 1 N–H and O–H groups in total. The van der Waals surface area contributed by atoms with Crippen LogP contribution < -0.4 is 0 Å². The van der Waals surface area contributed by atoms with Crippen LogP contribution in [0.1, 0.15) is 322 Å². The molecule has 0 fully saturated rings. The number of carbonyl (C=O) groups excluding carboxylic acids is 2. The highest BCUT2D eigenvalue weighted by atomic mass is 31.2. The predicted molar refractivity (Wildman–Crippen MR) is 362 cm³/mol. The van der Waals surface area contributed by atoms with E-state index in [1.54, 1.807) is 0 Å². The first kappa shape index (κ1) is 81.2. The van der Waals surface area contributed by atoms with Crippen LogP contribution in [0.3, 0.4) is 0 Å². The van der Waals surface area contributed by atoms with E-state index < -0.39 is 26.5 Å². The number of unbranched alkanes of at least 4 members (excludes halogenated alkanes) is 37. The lowest BCUT2D eigenvalue weighted by Gasteiger charge is -2.24. The molecule has 0 aliphatic carbocycles. The Morgan fingerprint density at radius 1 is 0.381 bits per heavy atom. The Bertz CT molecular complexity index is 1690. The largest absolute Gasteiger partial charge is 0.472 e. The molecule has 84 heavy (non-hydrogen) atoms. The molecule has 10 heteroatoms. The van der Waals surface area contributed by atoms with E-state index in [0.717, 1.165) is 57.8 Å². The molecule has 0 aliphatic heterocycles. The summed E-state index contributed by atoms with van der Waals surface area (Å²) in [6.45, 7) is 4.26. The maximum atomic E-state index is 12.8. The van der Waals surface area contributed by atoms with Crippen molar-refractivity contribution in [2.24, 2.45) is 0 Å². The van der Waals surface area contributed by atoms with Gasteiger partial charge in [-0.05, 0) is 77.0 Å². The molecular weight excluding hydrogens is 1060 g/mol. The molecule has 0 aromatic heterocycles. The Kier molecular flexibility index (Phi) is 62.5. The van der Waals surface area contributed by atoms with Gasteiger partial charge in [-0.25, -0.2) is 4.57 Å². The van der Waals surface area contributed by atoms with Gasteiger partial charge >= 0.3 is 19.8 Å². The average Bonchev–Trinajstić information content (AvgIpc) is 3.61. The third kappa shape index (κ3) is 68.3. The maximum Gasteiger partial charge on any atom is 0.472 e. The number of allylic oxidation sites excluding steroid dienone is 14. The van der Waals surface area contributed by atoms with Gasteiger partial charge in [-0.3, -0.25) is 18.6 Å². The fraction of sp³-hybridized carbons (Fsp3) is 0.784. The van der Waals surface area contributed by atoms with Crippen molar-refractivity contribution in [1.29, 1.82) is 0 Å². The number of hydrogen-bond acceptors (Lipinski definition) is 7. The van der Waals surface area contributed by atoms with Crippen LogP contribution in [0.2, 0.25) is 0 Å². The number of hydrogen-bond donors (Lipinski definition) is 1. The molecule has 0 spiro atoms. The van der Waals surface area contributed by atoms with E-state index in [1.807, 2.05) is 33.3 Å². The molecule has 9 nitrogen and oxygen atoms in total. The quantitative estimate of drug-likeness (QED) is 0.0211. The van der Waals surface area contributed by atoms with Gasteiger partial charge in [0.25, 0.3) is 0 Å². The smallest absolute Gasteiger partial charge is 0.462 e. The minimum absolute atomic E-state index is 0.0158. The minimum atomic E-state index is -4.41. The topological polar surface area (TPSA) is 108 Å². The minimum Gasteiger partial charge on any atom is -0.462 e. The predicted octanol–water partition coefficient (Wildman–Crippen LogP) is 22.9. The Labute approximate surface area is 520 Å². The van der Waals surface area contributed by atoms with Gasteiger partial charge < -0.3 is 18.9 Å². The van der Waals surface area contributed by atoms with Crippen LogP contribution in [0.25, 0.3) is 0 Å². The summed E-state index contributed by atoms with van der Waals surface area (Å²) in [7, 11) is 1.43. The lowest BCUT2D eigenvalue weighted by Crippen LogP contribution is -2.37. The number of likely N-dealkylation sites (N-methyl/N-ethyl adjacent to an activating group) is 1. The normalized spacial score (nSPS) is 13.6. The number of ether oxygens (including phenoxy) is 2. The van der Waals surface area contributed by atoms with Crippen molar-refractivity contribution in [3.05, 3.63) is 85.1 Å². The molecule has 0 aromatic carbocycles.